The molecule has 0 heterocycles. The lowest BCUT2D eigenvalue weighted by Crippen LogP contribution is -2.04. The number of carbonyl (C=O) groups excluding carboxylic acids is 1. The molecular weight excluding hydrogens is 414 g/mol. The summed E-state index contributed by atoms with van der Waals surface area (Å²) in [5.41, 5.74) is 0.937. The molecule has 1 atom stereocenters. The molecule has 6 nitrogen and oxygen atoms in total. The van der Waals surface area contributed by atoms with Gasteiger partial charge in [0.05, 0.1) is 15.7 Å². The Hall–Kier alpha value is -2.54. The first-order valence-electron chi connectivity index (χ1n) is 10.9. The van der Waals surface area contributed by atoms with Gasteiger partial charge in [-0.05, 0) is 24.5 Å². The molecule has 0 aromatic heterocycles. The second-order valence-corrected chi connectivity index (χ2v) is 9.04. The van der Waals surface area contributed by atoms with Crippen molar-refractivity contribution in [1.29, 1.82) is 0 Å². The molecule has 2 rings (SSSR count). The molecule has 0 N–H and O–H groups in total. The van der Waals surface area contributed by atoms with E-state index in [1.807, 2.05) is 30.3 Å². The van der Waals surface area contributed by atoms with Gasteiger partial charge in [-0.15, -0.1) is 0 Å². The topological polar surface area (TPSA) is 86.5 Å². The molecule has 2 aromatic carbocycles. The zero-order valence-electron chi connectivity index (χ0n) is 17.9. The second-order valence-electron chi connectivity index (χ2n) is 7.50. The molecule has 0 saturated carbocycles. The van der Waals surface area contributed by atoms with E-state index in [-0.39, 0.29) is 11.7 Å². The number of nitro benzene ring substituents is 1. The fourth-order valence-corrected chi connectivity index (χ4v) is 4.58. The Morgan fingerprint density at radius 1 is 0.839 bits per heavy atom. The summed E-state index contributed by atoms with van der Waals surface area (Å²) >= 11 is 0. The van der Waals surface area contributed by atoms with E-state index in [2.05, 4.69) is 0 Å². The fourth-order valence-electron chi connectivity index (χ4n) is 3.28. The summed E-state index contributed by atoms with van der Waals surface area (Å²) in [4.78, 5) is 22.6. The van der Waals surface area contributed by atoms with Crippen LogP contribution in [-0.2, 0) is 26.9 Å². The third-order valence-electron chi connectivity index (χ3n) is 5.01. The Morgan fingerprint density at radius 2 is 1.42 bits per heavy atom. The van der Waals surface area contributed by atoms with Crippen LogP contribution in [0, 0.1) is 10.1 Å². The second kappa shape index (κ2) is 14.5. The largest absolute Gasteiger partial charge is 0.461 e. The van der Waals surface area contributed by atoms with E-state index in [0.717, 1.165) is 56.9 Å². The van der Waals surface area contributed by atoms with Gasteiger partial charge in [0.15, 0.2) is 0 Å². The summed E-state index contributed by atoms with van der Waals surface area (Å²) in [6.45, 7) is 0.335. The first-order valence-corrected chi connectivity index (χ1v) is 12.2. The van der Waals surface area contributed by atoms with Crippen LogP contribution in [-0.4, -0.2) is 20.9 Å². The Morgan fingerprint density at radius 3 is 2.10 bits per heavy atom. The van der Waals surface area contributed by atoms with E-state index < -0.39 is 15.7 Å². The van der Waals surface area contributed by atoms with Crippen LogP contribution in [0.25, 0.3) is 0 Å². The van der Waals surface area contributed by atoms with Crippen molar-refractivity contribution in [1.82, 2.24) is 0 Å². The number of hydrogen-bond donors (Lipinski definition) is 0. The average molecular weight is 446 g/mol. The molecule has 0 aliphatic heterocycles. The molecule has 31 heavy (non-hydrogen) atoms. The number of benzene rings is 2. The highest BCUT2D eigenvalue weighted by Gasteiger charge is 2.17. The lowest BCUT2D eigenvalue weighted by Gasteiger charge is -2.05. The van der Waals surface area contributed by atoms with E-state index in [9.17, 15) is 19.1 Å². The Labute approximate surface area is 186 Å². The number of carbonyl (C=O) groups is 1. The highest BCUT2D eigenvalue weighted by Crippen LogP contribution is 2.22. The van der Waals surface area contributed by atoms with Crippen molar-refractivity contribution in [2.75, 3.05) is 5.75 Å². The van der Waals surface area contributed by atoms with Gasteiger partial charge in [0.25, 0.3) is 5.69 Å². The normalized spacial score (nSPS) is 11.7. The van der Waals surface area contributed by atoms with Crippen molar-refractivity contribution in [2.45, 2.75) is 69.3 Å². The SMILES string of the molecule is O=C(CCCCCCCCCCS(=O)c1ccccc1[N+](=O)[O-])OCc1ccccc1. The van der Waals surface area contributed by atoms with Gasteiger partial charge in [0.2, 0.25) is 0 Å². The van der Waals surface area contributed by atoms with Crippen molar-refractivity contribution in [3.05, 3.63) is 70.3 Å². The van der Waals surface area contributed by atoms with Gasteiger partial charge in [-0.3, -0.25) is 19.1 Å². The summed E-state index contributed by atoms with van der Waals surface area (Å²) in [5, 5.41) is 11.0. The van der Waals surface area contributed by atoms with Crippen LogP contribution < -0.4 is 0 Å². The summed E-state index contributed by atoms with van der Waals surface area (Å²) < 4.78 is 17.6. The van der Waals surface area contributed by atoms with Crippen molar-refractivity contribution in [3.8, 4) is 0 Å². The Bertz CT molecular complexity index is 841. The average Bonchev–Trinajstić information content (AvgIpc) is 2.79. The number of esters is 1. The quantitative estimate of drug-likeness (QED) is 0.146. The van der Waals surface area contributed by atoms with Crippen LogP contribution in [0.2, 0.25) is 0 Å². The molecule has 168 valence electrons. The van der Waals surface area contributed by atoms with Gasteiger partial charge >= 0.3 is 5.97 Å². The number of nitro groups is 1. The van der Waals surface area contributed by atoms with Crippen LogP contribution in [0.4, 0.5) is 5.69 Å². The monoisotopic (exact) mass is 445 g/mol. The van der Waals surface area contributed by atoms with Gasteiger partial charge in [-0.25, -0.2) is 0 Å². The van der Waals surface area contributed by atoms with Gasteiger partial charge in [-0.2, -0.15) is 0 Å². The Balaban J connectivity index is 1.45. The minimum Gasteiger partial charge on any atom is -0.461 e. The third-order valence-corrected chi connectivity index (χ3v) is 6.51. The molecule has 0 amide bonds. The molecule has 1 unspecified atom stereocenters. The number of unbranched alkanes of at least 4 members (excludes halogenated alkanes) is 7. The Kier molecular flexibility index (Phi) is 11.5. The lowest BCUT2D eigenvalue weighted by molar-refractivity contribution is -0.387. The molecule has 2 aromatic rings. The van der Waals surface area contributed by atoms with Crippen molar-refractivity contribution in [2.24, 2.45) is 0 Å². The first kappa shape index (κ1) is 24.7. The zero-order chi connectivity index (χ0) is 22.3. The zero-order valence-corrected chi connectivity index (χ0v) is 18.7. The number of nitrogens with zero attached hydrogens (tertiary/aromatic N) is 1. The van der Waals surface area contributed by atoms with E-state index in [4.69, 9.17) is 4.74 Å². The predicted octanol–water partition coefficient (Wildman–Crippen LogP) is 5.96. The van der Waals surface area contributed by atoms with E-state index in [0.29, 0.717) is 23.7 Å². The van der Waals surface area contributed by atoms with Gasteiger partial charge in [0.1, 0.15) is 11.5 Å². The van der Waals surface area contributed by atoms with E-state index >= 15 is 0 Å². The summed E-state index contributed by atoms with van der Waals surface area (Å²) in [6, 6.07) is 15.9. The maximum Gasteiger partial charge on any atom is 0.306 e. The number of para-hydroxylation sites is 1. The molecule has 0 bridgehead atoms. The fraction of sp³-hybridized carbons (Fsp3) is 0.458. The predicted molar refractivity (Wildman–Crippen MR) is 122 cm³/mol. The number of hydrogen-bond acceptors (Lipinski definition) is 5. The molecule has 0 saturated heterocycles. The maximum atomic E-state index is 12.3. The molecule has 0 spiro atoms. The molecule has 0 fully saturated rings. The van der Waals surface area contributed by atoms with E-state index in [1.54, 1.807) is 18.2 Å². The lowest BCUT2D eigenvalue weighted by atomic mass is 10.1. The van der Waals surface area contributed by atoms with Crippen LogP contribution in [0.5, 0.6) is 0 Å². The standard InChI is InChI=1S/C24H31NO5S/c26-24(30-20-21-14-8-7-9-15-21)18-10-5-3-1-2-4-6-13-19-31(29)23-17-12-11-16-22(23)25(27)28/h7-9,11-12,14-17H,1-6,10,13,18-20H2. The van der Waals surface area contributed by atoms with Crippen molar-refractivity contribution in [3.63, 3.8) is 0 Å². The van der Waals surface area contributed by atoms with Crippen molar-refractivity contribution < 1.29 is 18.7 Å². The number of ether oxygens (including phenoxy) is 1. The first-order chi connectivity index (χ1) is 15.1. The van der Waals surface area contributed by atoms with Crippen LogP contribution in [0.15, 0.2) is 59.5 Å². The van der Waals surface area contributed by atoms with Gasteiger partial charge in [0, 0.05) is 18.2 Å². The number of rotatable bonds is 15. The molecule has 0 aliphatic rings. The minimum absolute atomic E-state index is 0.0650. The molecular formula is C24H31NO5S. The summed E-state index contributed by atoms with van der Waals surface area (Å²) in [5.74, 6) is 0.311. The van der Waals surface area contributed by atoms with Gasteiger partial charge in [-0.1, -0.05) is 81.0 Å². The molecule has 7 heteroatoms. The highest BCUT2D eigenvalue weighted by molar-refractivity contribution is 7.85. The smallest absolute Gasteiger partial charge is 0.306 e. The van der Waals surface area contributed by atoms with Crippen molar-refractivity contribution >= 4 is 22.5 Å². The maximum absolute atomic E-state index is 12.3. The minimum atomic E-state index is -1.33. The summed E-state index contributed by atoms with van der Waals surface area (Å²) in [6.07, 6.45) is 8.48. The van der Waals surface area contributed by atoms with E-state index in [1.165, 1.54) is 6.07 Å². The van der Waals surface area contributed by atoms with Crippen LogP contribution >= 0.6 is 0 Å². The summed E-state index contributed by atoms with van der Waals surface area (Å²) in [7, 11) is -1.33. The van der Waals surface area contributed by atoms with Crippen LogP contribution in [0.1, 0.15) is 63.4 Å². The molecule has 0 aliphatic carbocycles. The van der Waals surface area contributed by atoms with Gasteiger partial charge < -0.3 is 4.74 Å². The third kappa shape index (κ3) is 9.87. The van der Waals surface area contributed by atoms with Crippen LogP contribution in [0.3, 0.4) is 0 Å². The molecule has 0 radical (unpaired) electrons. The highest BCUT2D eigenvalue weighted by atomic mass is 32.2.